The quantitative estimate of drug-likeness (QED) is 0.865. The van der Waals surface area contributed by atoms with Gasteiger partial charge in [0.15, 0.2) is 11.5 Å². The number of ether oxygens (including phenoxy) is 2. The zero-order valence-corrected chi connectivity index (χ0v) is 12.1. The van der Waals surface area contributed by atoms with Crippen molar-refractivity contribution in [2.45, 2.75) is 6.92 Å². The Morgan fingerprint density at radius 1 is 1.42 bits per heavy atom. The molecule has 7 heteroatoms. The van der Waals surface area contributed by atoms with Crippen molar-refractivity contribution in [1.29, 1.82) is 0 Å². The fourth-order valence-electron chi connectivity index (χ4n) is 1.81. The van der Waals surface area contributed by atoms with E-state index < -0.39 is 0 Å². The molecule has 2 heterocycles. The highest BCUT2D eigenvalue weighted by atomic mass is 79.9. The molecule has 19 heavy (non-hydrogen) atoms. The molecule has 0 spiro atoms. The van der Waals surface area contributed by atoms with Gasteiger partial charge in [0, 0.05) is 5.56 Å². The molecule has 1 aliphatic rings. The lowest BCUT2D eigenvalue weighted by Crippen LogP contribution is -2.11. The molecule has 98 valence electrons. The van der Waals surface area contributed by atoms with E-state index in [2.05, 4.69) is 25.9 Å². The molecule has 0 bridgehead atoms. The highest BCUT2D eigenvalue weighted by molar-refractivity contribution is 9.10. The molecule has 5 nitrogen and oxygen atoms in total. The Bertz CT molecular complexity index is 730. The predicted octanol–water partition coefficient (Wildman–Crippen LogP) is 2.89. The molecule has 0 radical (unpaired) electrons. The van der Waals surface area contributed by atoms with Gasteiger partial charge in [0.05, 0.1) is 10.7 Å². The van der Waals surface area contributed by atoms with Gasteiger partial charge in [0.1, 0.15) is 10.3 Å². The van der Waals surface area contributed by atoms with E-state index in [-0.39, 0.29) is 12.4 Å². The average Bonchev–Trinajstić information content (AvgIpc) is 2.84. The molecule has 2 aromatic rings. The zero-order chi connectivity index (χ0) is 13.6. The lowest BCUT2D eigenvalue weighted by atomic mass is 10.2. The van der Waals surface area contributed by atoms with Crippen LogP contribution in [0.3, 0.4) is 0 Å². The number of rotatable bonds is 1. The number of aromatic nitrogens is 2. The number of aryl methyl sites for hydroxylation is 1. The Kier molecular flexibility index (Phi) is 2.99. The van der Waals surface area contributed by atoms with Crippen LogP contribution in [0, 0.1) is 6.92 Å². The first kappa shape index (κ1) is 12.5. The summed E-state index contributed by atoms with van der Waals surface area (Å²) in [6, 6.07) is 3.42. The van der Waals surface area contributed by atoms with E-state index in [1.54, 1.807) is 19.1 Å². The van der Waals surface area contributed by atoms with Crippen molar-refractivity contribution in [3.8, 4) is 22.9 Å². The van der Waals surface area contributed by atoms with Crippen LogP contribution in [0.5, 0.6) is 11.5 Å². The van der Waals surface area contributed by atoms with Gasteiger partial charge in [-0.05, 0) is 35.0 Å². The minimum Gasteiger partial charge on any atom is -0.454 e. The summed E-state index contributed by atoms with van der Waals surface area (Å²) in [7, 11) is 0. The normalized spacial score (nSPS) is 12.8. The van der Waals surface area contributed by atoms with Crippen molar-refractivity contribution >= 4 is 27.5 Å². The third-order valence-corrected chi connectivity index (χ3v) is 3.94. The lowest BCUT2D eigenvalue weighted by molar-refractivity contribution is 0.174. The van der Waals surface area contributed by atoms with Gasteiger partial charge in [0.2, 0.25) is 6.79 Å². The van der Waals surface area contributed by atoms with Gasteiger partial charge >= 0.3 is 0 Å². The number of fused-ring (bicyclic) bond motifs is 1. The molecule has 1 aliphatic heterocycles. The van der Waals surface area contributed by atoms with E-state index in [1.165, 1.54) is 0 Å². The molecule has 0 amide bonds. The predicted molar refractivity (Wildman–Crippen MR) is 73.9 cm³/mol. The van der Waals surface area contributed by atoms with Crippen LogP contribution >= 0.6 is 27.5 Å². The molecule has 3 rings (SSSR count). The zero-order valence-electron chi connectivity index (χ0n) is 9.79. The maximum atomic E-state index is 11.7. The largest absolute Gasteiger partial charge is 0.454 e. The van der Waals surface area contributed by atoms with Gasteiger partial charge in [-0.1, -0.05) is 11.6 Å². The standard InChI is InChI=1S/C12H8BrClN2O3/c1-5-9(13)12(17)16-11(15-5)6-2-7(14)10-8(3-6)18-4-19-10/h2-3H,4H2,1H3,(H,15,16,17). The lowest BCUT2D eigenvalue weighted by Gasteiger charge is -2.06. The highest BCUT2D eigenvalue weighted by Crippen LogP contribution is 2.41. The van der Waals surface area contributed by atoms with Crippen LogP contribution in [0.15, 0.2) is 21.4 Å². The number of benzene rings is 1. The number of aromatic amines is 1. The maximum Gasteiger partial charge on any atom is 0.265 e. The van der Waals surface area contributed by atoms with Crippen molar-refractivity contribution in [2.75, 3.05) is 6.79 Å². The van der Waals surface area contributed by atoms with Crippen LogP contribution in [0.1, 0.15) is 5.69 Å². The summed E-state index contributed by atoms with van der Waals surface area (Å²) < 4.78 is 10.9. The summed E-state index contributed by atoms with van der Waals surface area (Å²) in [5, 5.41) is 0.424. The van der Waals surface area contributed by atoms with E-state index in [1.807, 2.05) is 0 Å². The molecule has 0 unspecified atom stereocenters. The number of nitrogens with one attached hydrogen (secondary N) is 1. The van der Waals surface area contributed by atoms with Crippen LogP contribution < -0.4 is 15.0 Å². The molecule has 1 N–H and O–H groups in total. The Labute approximate surface area is 121 Å². The topological polar surface area (TPSA) is 64.2 Å². The average molecular weight is 344 g/mol. The Morgan fingerprint density at radius 2 is 2.21 bits per heavy atom. The second-order valence-corrected chi connectivity index (χ2v) is 5.21. The molecule has 0 saturated heterocycles. The van der Waals surface area contributed by atoms with E-state index >= 15 is 0 Å². The summed E-state index contributed by atoms with van der Waals surface area (Å²) in [6.45, 7) is 1.89. The first-order valence-corrected chi connectivity index (χ1v) is 6.59. The Hall–Kier alpha value is -1.53. The Balaban J connectivity index is 2.18. The SMILES string of the molecule is Cc1nc(-c2cc(Cl)c3c(c2)OCO3)[nH]c(=O)c1Br. The van der Waals surface area contributed by atoms with E-state index in [0.717, 1.165) is 0 Å². The number of H-pyrrole nitrogens is 1. The third kappa shape index (κ3) is 2.11. The summed E-state index contributed by atoms with van der Waals surface area (Å²) >= 11 is 9.27. The van der Waals surface area contributed by atoms with Gasteiger partial charge in [-0.25, -0.2) is 4.98 Å². The van der Waals surface area contributed by atoms with Crippen molar-refractivity contribution in [2.24, 2.45) is 0 Å². The number of hydrogen-bond acceptors (Lipinski definition) is 4. The molecule has 0 saturated carbocycles. The molecule has 1 aromatic heterocycles. The molecule has 0 atom stereocenters. The highest BCUT2D eigenvalue weighted by Gasteiger charge is 2.19. The van der Waals surface area contributed by atoms with Gasteiger partial charge in [-0.15, -0.1) is 0 Å². The maximum absolute atomic E-state index is 11.7. The number of nitrogens with zero attached hydrogens (tertiary/aromatic N) is 1. The smallest absolute Gasteiger partial charge is 0.265 e. The summed E-state index contributed by atoms with van der Waals surface area (Å²) in [5.41, 5.74) is 1.03. The van der Waals surface area contributed by atoms with Crippen molar-refractivity contribution in [3.63, 3.8) is 0 Å². The second kappa shape index (κ2) is 4.54. The molecular weight excluding hydrogens is 335 g/mol. The Morgan fingerprint density at radius 3 is 2.95 bits per heavy atom. The van der Waals surface area contributed by atoms with Crippen LogP contribution in [0.2, 0.25) is 5.02 Å². The molecule has 1 aromatic carbocycles. The number of hydrogen-bond donors (Lipinski definition) is 1. The van der Waals surface area contributed by atoms with Crippen LogP contribution in [0.4, 0.5) is 0 Å². The summed E-state index contributed by atoms with van der Waals surface area (Å²) in [6.07, 6.45) is 0. The van der Waals surface area contributed by atoms with Gasteiger partial charge in [-0.2, -0.15) is 0 Å². The minimum atomic E-state index is -0.240. The van der Waals surface area contributed by atoms with E-state index in [9.17, 15) is 4.79 Å². The van der Waals surface area contributed by atoms with Gasteiger partial charge < -0.3 is 14.5 Å². The van der Waals surface area contributed by atoms with E-state index in [0.29, 0.717) is 38.1 Å². The van der Waals surface area contributed by atoms with Crippen molar-refractivity contribution in [1.82, 2.24) is 9.97 Å². The van der Waals surface area contributed by atoms with E-state index in [4.69, 9.17) is 21.1 Å². The minimum absolute atomic E-state index is 0.141. The third-order valence-electron chi connectivity index (χ3n) is 2.73. The summed E-state index contributed by atoms with van der Waals surface area (Å²) in [5.74, 6) is 1.50. The van der Waals surface area contributed by atoms with Crippen molar-refractivity contribution in [3.05, 3.63) is 37.7 Å². The van der Waals surface area contributed by atoms with Gasteiger partial charge in [-0.3, -0.25) is 4.79 Å². The fraction of sp³-hybridized carbons (Fsp3) is 0.167. The molecule has 0 fully saturated rings. The molecule has 0 aliphatic carbocycles. The van der Waals surface area contributed by atoms with Crippen LogP contribution in [-0.4, -0.2) is 16.8 Å². The van der Waals surface area contributed by atoms with Crippen LogP contribution in [0.25, 0.3) is 11.4 Å². The van der Waals surface area contributed by atoms with Crippen LogP contribution in [-0.2, 0) is 0 Å². The van der Waals surface area contributed by atoms with Crippen molar-refractivity contribution < 1.29 is 9.47 Å². The van der Waals surface area contributed by atoms with Gasteiger partial charge in [0.25, 0.3) is 5.56 Å². The first-order valence-electron chi connectivity index (χ1n) is 5.42. The molecular formula is C12H8BrClN2O3. The second-order valence-electron chi connectivity index (χ2n) is 4.01. The fourth-order valence-corrected chi connectivity index (χ4v) is 2.27. The summed E-state index contributed by atoms with van der Waals surface area (Å²) in [4.78, 5) is 18.7. The monoisotopic (exact) mass is 342 g/mol. The number of halogens is 2. The first-order chi connectivity index (χ1) is 9.06.